The molecular formula is C13H15BN4O6S. The van der Waals surface area contributed by atoms with Gasteiger partial charge in [0.1, 0.15) is 5.75 Å². The minimum absolute atomic E-state index is 0.113. The summed E-state index contributed by atoms with van der Waals surface area (Å²) in [5, 5.41) is 14.1. The average Bonchev–Trinajstić information content (AvgIpc) is 2.51. The van der Waals surface area contributed by atoms with E-state index in [0.29, 0.717) is 11.3 Å². The number of ether oxygens (including phenoxy) is 1. The van der Waals surface area contributed by atoms with E-state index < -0.39 is 26.3 Å². The fourth-order valence-corrected chi connectivity index (χ4v) is 4.54. The van der Waals surface area contributed by atoms with Gasteiger partial charge in [-0.1, -0.05) is 0 Å². The van der Waals surface area contributed by atoms with Gasteiger partial charge in [0.15, 0.2) is 5.81 Å². The Labute approximate surface area is 144 Å². The molecule has 1 aromatic rings. The number of non-ortho nitro benzene ring substituents is 1. The summed E-state index contributed by atoms with van der Waals surface area (Å²) in [7, 11) is -1.27. The highest BCUT2D eigenvalue weighted by atomic mass is 32.2. The average molecular weight is 366 g/mol. The third-order valence-corrected chi connectivity index (χ3v) is 6.10. The first-order chi connectivity index (χ1) is 11.6. The molecule has 0 aliphatic carbocycles. The second kappa shape index (κ2) is 5.72. The molecular weight excluding hydrogens is 351 g/mol. The topological polar surface area (TPSA) is 131 Å². The van der Waals surface area contributed by atoms with Crippen LogP contribution in [0.15, 0.2) is 23.2 Å². The number of rotatable bonds is 1. The Kier molecular flexibility index (Phi) is 3.94. The number of carbonyl (C=O) groups excluding carboxylic acids is 1. The monoisotopic (exact) mass is 366 g/mol. The summed E-state index contributed by atoms with van der Waals surface area (Å²) in [5.41, 5.74) is -0.966. The minimum Gasteiger partial charge on any atom is -0.493 e. The van der Waals surface area contributed by atoms with Gasteiger partial charge in [0.05, 0.1) is 22.8 Å². The lowest BCUT2D eigenvalue weighted by molar-refractivity contribution is -0.385. The van der Waals surface area contributed by atoms with Gasteiger partial charge in [0, 0.05) is 31.2 Å². The Morgan fingerprint density at radius 1 is 1.52 bits per heavy atom. The van der Waals surface area contributed by atoms with Crippen LogP contribution in [0.5, 0.6) is 5.75 Å². The highest BCUT2D eigenvalue weighted by Crippen LogP contribution is 2.41. The van der Waals surface area contributed by atoms with Crippen molar-refractivity contribution in [2.75, 3.05) is 19.4 Å². The highest BCUT2D eigenvalue weighted by molar-refractivity contribution is 7.89. The molecule has 0 saturated carbocycles. The third kappa shape index (κ3) is 2.93. The van der Waals surface area contributed by atoms with Gasteiger partial charge < -0.3 is 10.1 Å². The van der Waals surface area contributed by atoms with Crippen molar-refractivity contribution < 1.29 is 22.9 Å². The maximum absolute atomic E-state index is 12.6. The summed E-state index contributed by atoms with van der Waals surface area (Å²) in [6.07, 6.45) is 0.255. The fraction of sp³-hybridized carbons (Fsp3) is 0.385. The molecule has 1 amide bonds. The number of fused-ring (bicyclic) bond motifs is 2. The molecule has 1 saturated heterocycles. The van der Waals surface area contributed by atoms with Crippen LogP contribution in [0.25, 0.3) is 0 Å². The zero-order chi connectivity index (χ0) is 18.4. The van der Waals surface area contributed by atoms with Gasteiger partial charge in [0.25, 0.3) is 5.69 Å². The van der Waals surface area contributed by atoms with E-state index in [-0.39, 0.29) is 30.4 Å². The number of benzene rings is 1. The zero-order valence-corrected chi connectivity index (χ0v) is 14.4. The first kappa shape index (κ1) is 17.2. The van der Waals surface area contributed by atoms with Crippen LogP contribution in [0.2, 0.25) is 0 Å². The van der Waals surface area contributed by atoms with Gasteiger partial charge in [-0.05, 0) is 6.07 Å². The molecule has 3 rings (SSSR count). The number of nitro groups is 1. The first-order valence-corrected chi connectivity index (χ1v) is 9.01. The summed E-state index contributed by atoms with van der Waals surface area (Å²) in [6, 6.07) is 4.04. The van der Waals surface area contributed by atoms with Crippen LogP contribution < -0.4 is 10.1 Å². The molecule has 1 spiro atoms. The van der Waals surface area contributed by atoms with Crippen molar-refractivity contribution in [3.8, 4) is 5.75 Å². The first-order valence-electron chi connectivity index (χ1n) is 7.40. The van der Waals surface area contributed by atoms with E-state index in [4.69, 9.17) is 4.74 Å². The van der Waals surface area contributed by atoms with E-state index in [1.54, 1.807) is 0 Å². The van der Waals surface area contributed by atoms with Crippen LogP contribution in [-0.2, 0) is 15.6 Å². The number of sulfonamides is 1. The molecule has 1 fully saturated rings. The van der Waals surface area contributed by atoms with E-state index in [1.807, 2.05) is 0 Å². The highest BCUT2D eigenvalue weighted by Gasteiger charge is 2.49. The maximum atomic E-state index is 12.6. The van der Waals surface area contributed by atoms with Gasteiger partial charge in [-0.2, -0.15) is 4.99 Å². The van der Waals surface area contributed by atoms with Gasteiger partial charge in [0.2, 0.25) is 23.8 Å². The molecule has 0 unspecified atom stereocenters. The predicted octanol–water partition coefficient (Wildman–Crippen LogP) is -0.454. The van der Waals surface area contributed by atoms with Crippen molar-refractivity contribution in [2.24, 2.45) is 4.99 Å². The van der Waals surface area contributed by atoms with Crippen LogP contribution in [-0.4, -0.2) is 56.7 Å². The molecule has 0 bridgehead atoms. The molecule has 10 nitrogen and oxygen atoms in total. The van der Waals surface area contributed by atoms with Crippen LogP contribution in [0.3, 0.4) is 0 Å². The normalized spacial score (nSPS) is 25.8. The van der Waals surface area contributed by atoms with Gasteiger partial charge in [-0.15, -0.1) is 0 Å². The fourth-order valence-electron chi connectivity index (χ4n) is 3.00. The van der Waals surface area contributed by atoms with Gasteiger partial charge >= 0.3 is 0 Å². The van der Waals surface area contributed by atoms with E-state index in [9.17, 15) is 23.3 Å². The molecule has 25 heavy (non-hydrogen) atoms. The number of hydrogen-bond acceptors (Lipinski definition) is 6. The van der Waals surface area contributed by atoms with Crippen molar-refractivity contribution in [1.82, 2.24) is 9.62 Å². The summed E-state index contributed by atoms with van der Waals surface area (Å²) >= 11 is 0. The predicted molar refractivity (Wildman–Crippen MR) is 90.9 cm³/mol. The Hall–Kier alpha value is -2.63. The number of aliphatic imine (C=N–C) groups is 1. The molecule has 2 aliphatic rings. The smallest absolute Gasteiger partial charge is 0.270 e. The van der Waals surface area contributed by atoms with Gasteiger partial charge in [-0.3, -0.25) is 14.9 Å². The molecule has 1 aromatic carbocycles. The van der Waals surface area contributed by atoms with Crippen molar-refractivity contribution in [2.45, 2.75) is 12.0 Å². The zero-order valence-electron chi connectivity index (χ0n) is 13.6. The number of amides is 1. The van der Waals surface area contributed by atoms with Gasteiger partial charge in [-0.25, -0.2) is 12.7 Å². The molecule has 1 atom stereocenters. The van der Waals surface area contributed by atoms with Crippen LogP contribution in [0.4, 0.5) is 10.5 Å². The Morgan fingerprint density at radius 2 is 2.24 bits per heavy atom. The summed E-state index contributed by atoms with van der Waals surface area (Å²) < 4.78 is 31.6. The lowest BCUT2D eigenvalue weighted by Gasteiger charge is -2.45. The van der Waals surface area contributed by atoms with E-state index in [2.05, 4.69) is 10.3 Å². The lowest BCUT2D eigenvalue weighted by atomic mass is 9.85. The summed E-state index contributed by atoms with van der Waals surface area (Å²) in [6.45, 7) is 0.227. The molecule has 2 heterocycles. The molecule has 2 aliphatic heterocycles. The van der Waals surface area contributed by atoms with Crippen molar-refractivity contribution in [1.29, 1.82) is 0 Å². The molecule has 0 aromatic heterocycles. The van der Waals surface area contributed by atoms with Crippen molar-refractivity contribution in [3.63, 3.8) is 0 Å². The number of nitrogens with one attached hydrogen (secondary N) is 1. The Morgan fingerprint density at radius 3 is 2.88 bits per heavy atom. The maximum Gasteiger partial charge on any atom is 0.270 e. The second-order valence-corrected chi connectivity index (χ2v) is 7.92. The lowest BCUT2D eigenvalue weighted by Crippen LogP contribution is -2.63. The number of guanidine groups is 1. The Bertz CT molecular complexity index is 902. The number of carbonyl (C=O) groups is 1. The van der Waals surface area contributed by atoms with Crippen molar-refractivity contribution >= 4 is 35.3 Å². The van der Waals surface area contributed by atoms with Crippen LogP contribution in [0.1, 0.15) is 12.0 Å². The minimum atomic E-state index is -3.78. The SMILES string of the molecule is BC(=O)N=C1N[C@@]2(CCOc3ccc([N+](=O)[O-])cc32)CS(=O)(=O)N1C. The largest absolute Gasteiger partial charge is 0.493 e. The Balaban J connectivity index is 2.18. The number of nitrogens with zero attached hydrogens (tertiary/aromatic N) is 3. The molecule has 132 valence electrons. The van der Waals surface area contributed by atoms with Crippen molar-refractivity contribution in [3.05, 3.63) is 33.9 Å². The quantitative estimate of drug-likeness (QED) is 0.404. The van der Waals surface area contributed by atoms with E-state index in [1.165, 1.54) is 33.1 Å². The third-order valence-electron chi connectivity index (χ3n) is 4.23. The second-order valence-electron chi connectivity index (χ2n) is 5.92. The summed E-state index contributed by atoms with van der Waals surface area (Å²) in [4.78, 5) is 25.6. The number of nitro benzene ring substituents is 1. The van der Waals surface area contributed by atoms with Crippen LogP contribution in [0, 0.1) is 10.1 Å². The molecule has 12 heteroatoms. The molecule has 1 N–H and O–H groups in total. The van der Waals surface area contributed by atoms with E-state index in [0.717, 1.165) is 4.31 Å². The van der Waals surface area contributed by atoms with E-state index >= 15 is 0 Å². The molecule has 0 radical (unpaired) electrons. The summed E-state index contributed by atoms with van der Waals surface area (Å²) in [5.74, 6) is -0.636. The standard InChI is InChI=1S/C13H15BN4O6S/c1-17-12(15-11(14)19)16-13(7-25(17,22)23)4-5-24-10-3-2-8(18(20)21)6-9(10)13/h2-3,6H,4-5,7,14H2,1H3,(H,15,16,19)/t13-/m0/s1. The number of hydrogen-bond donors (Lipinski definition) is 1. The van der Waals surface area contributed by atoms with Crippen LogP contribution >= 0.6 is 0 Å².